The molecule has 3 rings (SSSR count). The molecule has 3 aromatic rings. The van der Waals surface area contributed by atoms with Crippen molar-refractivity contribution in [1.29, 1.82) is 0 Å². The largest absolute Gasteiger partial charge is 0.484 e. The first-order valence-electron chi connectivity index (χ1n) is 7.43. The van der Waals surface area contributed by atoms with Gasteiger partial charge in [-0.15, -0.1) is 11.3 Å². The highest BCUT2D eigenvalue weighted by atomic mass is 35.5. The van der Waals surface area contributed by atoms with E-state index in [1.807, 2.05) is 31.2 Å². The van der Waals surface area contributed by atoms with Crippen LogP contribution in [0.4, 0.5) is 5.13 Å². The van der Waals surface area contributed by atoms with Crippen molar-refractivity contribution in [2.24, 2.45) is 0 Å². The van der Waals surface area contributed by atoms with E-state index in [9.17, 15) is 4.79 Å². The minimum absolute atomic E-state index is 0.101. The summed E-state index contributed by atoms with van der Waals surface area (Å²) in [5.41, 5.74) is 1.78. The van der Waals surface area contributed by atoms with Crippen LogP contribution in [-0.4, -0.2) is 17.5 Å². The predicted molar refractivity (Wildman–Crippen MR) is 103 cm³/mol. The number of halogens is 2. The van der Waals surface area contributed by atoms with E-state index in [4.69, 9.17) is 27.9 Å². The average molecular weight is 393 g/mol. The lowest BCUT2D eigenvalue weighted by Gasteiger charge is -2.05. The summed E-state index contributed by atoms with van der Waals surface area (Å²) in [5, 5.41) is 4.58. The molecule has 0 aliphatic heterocycles. The number of carbonyl (C=O) groups is 1. The number of ether oxygens (including phenoxy) is 1. The van der Waals surface area contributed by atoms with E-state index in [1.165, 1.54) is 11.3 Å². The summed E-state index contributed by atoms with van der Waals surface area (Å²) in [6.45, 7) is 1.86. The van der Waals surface area contributed by atoms with Crippen LogP contribution in [0.2, 0.25) is 10.0 Å². The van der Waals surface area contributed by atoms with Gasteiger partial charge in [-0.2, -0.15) is 0 Å². The summed E-state index contributed by atoms with van der Waals surface area (Å²) >= 11 is 13.1. The first-order chi connectivity index (χ1) is 12.0. The van der Waals surface area contributed by atoms with E-state index < -0.39 is 0 Å². The number of thiazole rings is 1. The number of benzene rings is 2. The Morgan fingerprint density at radius 2 is 1.68 bits per heavy atom. The third-order valence-electron chi connectivity index (χ3n) is 3.34. The van der Waals surface area contributed by atoms with Crippen molar-refractivity contribution < 1.29 is 9.53 Å². The van der Waals surface area contributed by atoms with Crippen LogP contribution in [0.25, 0.3) is 11.3 Å². The van der Waals surface area contributed by atoms with E-state index in [1.54, 1.807) is 24.3 Å². The number of carbonyl (C=O) groups excluding carboxylic acids is 1. The number of aryl methyl sites for hydroxylation is 1. The van der Waals surface area contributed by atoms with Gasteiger partial charge in [-0.25, -0.2) is 4.98 Å². The second kappa shape index (κ2) is 7.87. The molecule has 0 unspecified atom stereocenters. The van der Waals surface area contributed by atoms with Crippen LogP contribution in [0.15, 0.2) is 48.5 Å². The third kappa shape index (κ3) is 4.72. The molecule has 4 nitrogen and oxygen atoms in total. The van der Waals surface area contributed by atoms with Crippen LogP contribution in [0, 0.1) is 6.92 Å². The van der Waals surface area contributed by atoms with Crippen molar-refractivity contribution in [3.8, 4) is 17.0 Å². The first kappa shape index (κ1) is 17.7. The monoisotopic (exact) mass is 392 g/mol. The van der Waals surface area contributed by atoms with Crippen molar-refractivity contribution in [2.45, 2.75) is 6.92 Å². The lowest BCUT2D eigenvalue weighted by Crippen LogP contribution is -2.20. The topological polar surface area (TPSA) is 51.2 Å². The molecule has 128 valence electrons. The molecule has 1 amide bonds. The second-order valence-electron chi connectivity index (χ2n) is 5.22. The summed E-state index contributed by atoms with van der Waals surface area (Å²) < 4.78 is 5.42. The molecule has 1 heterocycles. The highest BCUT2D eigenvalue weighted by molar-refractivity contribution is 7.16. The molecular weight excluding hydrogens is 379 g/mol. The van der Waals surface area contributed by atoms with Gasteiger partial charge in [0.1, 0.15) is 5.75 Å². The maximum Gasteiger partial charge on any atom is 0.264 e. The smallest absolute Gasteiger partial charge is 0.264 e. The zero-order chi connectivity index (χ0) is 17.8. The van der Waals surface area contributed by atoms with Gasteiger partial charge in [0.25, 0.3) is 5.91 Å². The van der Waals surface area contributed by atoms with Crippen molar-refractivity contribution in [2.75, 3.05) is 11.9 Å². The highest BCUT2D eigenvalue weighted by Gasteiger charge is 2.12. The first-order valence-corrected chi connectivity index (χ1v) is 9.00. The Bertz CT molecular complexity index is 877. The highest BCUT2D eigenvalue weighted by Crippen LogP contribution is 2.31. The lowest BCUT2D eigenvalue weighted by atomic mass is 10.1. The van der Waals surface area contributed by atoms with Gasteiger partial charge in [0, 0.05) is 20.5 Å². The van der Waals surface area contributed by atoms with Crippen LogP contribution in [0.1, 0.15) is 4.88 Å². The molecule has 0 spiro atoms. The van der Waals surface area contributed by atoms with Crippen molar-refractivity contribution >= 4 is 45.6 Å². The van der Waals surface area contributed by atoms with Gasteiger partial charge in [0.05, 0.1) is 5.69 Å². The van der Waals surface area contributed by atoms with Crippen LogP contribution in [-0.2, 0) is 4.79 Å². The Morgan fingerprint density at radius 3 is 2.32 bits per heavy atom. The van der Waals surface area contributed by atoms with Crippen molar-refractivity contribution in [3.63, 3.8) is 0 Å². The number of nitrogens with zero attached hydrogens (tertiary/aromatic N) is 1. The fraction of sp³-hybridized carbons (Fsp3) is 0.111. The van der Waals surface area contributed by atoms with Crippen LogP contribution < -0.4 is 10.1 Å². The van der Waals surface area contributed by atoms with E-state index in [0.717, 1.165) is 16.1 Å². The van der Waals surface area contributed by atoms with Crippen LogP contribution in [0.3, 0.4) is 0 Å². The van der Waals surface area contributed by atoms with Gasteiger partial charge in [0.15, 0.2) is 11.7 Å². The fourth-order valence-corrected chi connectivity index (χ4v) is 3.26. The number of nitrogens with one attached hydrogen (secondary N) is 1. The summed E-state index contributed by atoms with van der Waals surface area (Å²) in [4.78, 5) is 17.5. The summed E-state index contributed by atoms with van der Waals surface area (Å²) in [6, 6.07) is 14.3. The SMILES string of the molecule is Cc1sc(NC(=O)COc2ccc(Cl)cc2)nc1-c1ccc(Cl)cc1. The molecule has 7 heteroatoms. The van der Waals surface area contributed by atoms with E-state index >= 15 is 0 Å². The summed E-state index contributed by atoms with van der Waals surface area (Å²) in [6.07, 6.45) is 0. The van der Waals surface area contributed by atoms with Crippen molar-refractivity contribution in [1.82, 2.24) is 4.98 Å². The quantitative estimate of drug-likeness (QED) is 0.628. The molecule has 2 aromatic carbocycles. The minimum atomic E-state index is -0.272. The summed E-state index contributed by atoms with van der Waals surface area (Å²) in [7, 11) is 0. The number of anilines is 1. The van der Waals surface area contributed by atoms with Gasteiger partial charge < -0.3 is 4.74 Å². The zero-order valence-electron chi connectivity index (χ0n) is 13.3. The number of hydrogen-bond acceptors (Lipinski definition) is 4. The number of hydrogen-bond donors (Lipinski definition) is 1. The fourth-order valence-electron chi connectivity index (χ4n) is 2.16. The second-order valence-corrected chi connectivity index (χ2v) is 7.30. The molecule has 0 radical (unpaired) electrons. The van der Waals surface area contributed by atoms with Crippen molar-refractivity contribution in [3.05, 3.63) is 63.5 Å². The Labute approximate surface area is 159 Å². The molecule has 0 bridgehead atoms. The number of amides is 1. The molecule has 1 N–H and O–H groups in total. The molecule has 0 saturated heterocycles. The van der Waals surface area contributed by atoms with E-state index in [2.05, 4.69) is 10.3 Å². The molecule has 0 saturated carbocycles. The normalized spacial score (nSPS) is 10.5. The maximum absolute atomic E-state index is 12.0. The molecule has 1 aromatic heterocycles. The van der Waals surface area contributed by atoms with Gasteiger partial charge in [-0.05, 0) is 43.3 Å². The number of aromatic nitrogens is 1. The van der Waals surface area contributed by atoms with E-state index in [-0.39, 0.29) is 12.5 Å². The Morgan fingerprint density at radius 1 is 1.08 bits per heavy atom. The molecule has 0 aliphatic carbocycles. The predicted octanol–water partition coefficient (Wildman–Crippen LogP) is 5.44. The van der Waals surface area contributed by atoms with Gasteiger partial charge in [-0.3, -0.25) is 10.1 Å². The Hall–Kier alpha value is -2.08. The molecular formula is C18H14Cl2N2O2S. The Kier molecular flexibility index (Phi) is 5.58. The third-order valence-corrected chi connectivity index (χ3v) is 4.73. The van der Waals surface area contributed by atoms with Crippen LogP contribution >= 0.6 is 34.5 Å². The van der Waals surface area contributed by atoms with Gasteiger partial charge in [0.2, 0.25) is 0 Å². The standard InChI is InChI=1S/C18H14Cl2N2O2S/c1-11-17(12-2-4-13(19)5-3-12)22-18(25-11)21-16(23)10-24-15-8-6-14(20)7-9-15/h2-9H,10H2,1H3,(H,21,22,23). The molecule has 0 fully saturated rings. The average Bonchev–Trinajstić information content (AvgIpc) is 2.95. The maximum atomic E-state index is 12.0. The summed E-state index contributed by atoms with van der Waals surface area (Å²) in [5.74, 6) is 0.308. The lowest BCUT2D eigenvalue weighted by molar-refractivity contribution is -0.118. The van der Waals surface area contributed by atoms with E-state index in [0.29, 0.717) is 20.9 Å². The molecule has 25 heavy (non-hydrogen) atoms. The molecule has 0 aliphatic rings. The zero-order valence-corrected chi connectivity index (χ0v) is 15.6. The van der Waals surface area contributed by atoms with Crippen LogP contribution in [0.5, 0.6) is 5.75 Å². The minimum Gasteiger partial charge on any atom is -0.484 e. The Balaban J connectivity index is 1.62. The molecule has 0 atom stereocenters. The van der Waals surface area contributed by atoms with Gasteiger partial charge in [-0.1, -0.05) is 35.3 Å². The number of rotatable bonds is 5. The van der Waals surface area contributed by atoms with Gasteiger partial charge >= 0.3 is 0 Å².